The maximum Gasteiger partial charge on any atom is 0.240 e. The standard InChI is InChI=1S/C14H14ClNO4S2/c1-21(17,18)13-6-8-14(9-7-13)22(19,20)16-10-11-2-4-12(15)5-3-11/h2-9,16H,10H2,1H3. The third kappa shape index (κ3) is 4.30. The summed E-state index contributed by atoms with van der Waals surface area (Å²) in [5.74, 6) is 0. The lowest BCUT2D eigenvalue weighted by Crippen LogP contribution is -2.23. The van der Waals surface area contributed by atoms with Gasteiger partial charge in [-0.3, -0.25) is 0 Å². The zero-order chi connectivity index (χ0) is 16.4. The highest BCUT2D eigenvalue weighted by Gasteiger charge is 2.15. The lowest BCUT2D eigenvalue weighted by Gasteiger charge is -2.07. The number of rotatable bonds is 5. The van der Waals surface area contributed by atoms with Crippen molar-refractivity contribution < 1.29 is 16.8 Å². The van der Waals surface area contributed by atoms with Crippen molar-refractivity contribution in [2.45, 2.75) is 16.3 Å². The summed E-state index contributed by atoms with van der Waals surface area (Å²) in [5.41, 5.74) is 0.765. The monoisotopic (exact) mass is 359 g/mol. The van der Waals surface area contributed by atoms with Crippen molar-refractivity contribution in [3.05, 3.63) is 59.1 Å². The smallest absolute Gasteiger partial charge is 0.224 e. The van der Waals surface area contributed by atoms with Crippen LogP contribution in [0.5, 0.6) is 0 Å². The lowest BCUT2D eigenvalue weighted by atomic mass is 10.2. The Balaban J connectivity index is 2.15. The number of hydrogen-bond acceptors (Lipinski definition) is 4. The van der Waals surface area contributed by atoms with Crippen LogP contribution in [-0.4, -0.2) is 23.1 Å². The van der Waals surface area contributed by atoms with Crippen molar-refractivity contribution in [3.63, 3.8) is 0 Å². The van der Waals surface area contributed by atoms with E-state index in [1.165, 1.54) is 24.3 Å². The first-order chi connectivity index (χ1) is 10.2. The normalized spacial score (nSPS) is 12.3. The van der Waals surface area contributed by atoms with Gasteiger partial charge in [0.1, 0.15) is 0 Å². The zero-order valence-corrected chi connectivity index (χ0v) is 14.0. The Morgan fingerprint density at radius 2 is 1.36 bits per heavy atom. The van der Waals surface area contributed by atoms with Crippen molar-refractivity contribution in [2.24, 2.45) is 0 Å². The molecule has 0 saturated heterocycles. The van der Waals surface area contributed by atoms with Crippen LogP contribution in [0.15, 0.2) is 58.3 Å². The van der Waals surface area contributed by atoms with Crippen LogP contribution in [0.25, 0.3) is 0 Å². The molecule has 0 aromatic heterocycles. The van der Waals surface area contributed by atoms with Crippen molar-refractivity contribution in [3.8, 4) is 0 Å². The number of halogens is 1. The van der Waals surface area contributed by atoms with Crippen LogP contribution in [0.4, 0.5) is 0 Å². The molecule has 0 heterocycles. The Morgan fingerprint density at radius 1 is 0.864 bits per heavy atom. The molecule has 0 aliphatic carbocycles. The van der Waals surface area contributed by atoms with Crippen molar-refractivity contribution in [1.82, 2.24) is 4.72 Å². The minimum atomic E-state index is -3.71. The quantitative estimate of drug-likeness (QED) is 0.887. The Kier molecular flexibility index (Phi) is 4.91. The first-order valence-corrected chi connectivity index (χ1v) is 9.98. The van der Waals surface area contributed by atoms with Gasteiger partial charge in [-0.15, -0.1) is 0 Å². The molecule has 0 aliphatic rings. The summed E-state index contributed by atoms with van der Waals surface area (Å²) in [5, 5.41) is 0.572. The van der Waals surface area contributed by atoms with Gasteiger partial charge in [0.15, 0.2) is 9.84 Å². The lowest BCUT2D eigenvalue weighted by molar-refractivity contribution is 0.580. The fourth-order valence-electron chi connectivity index (χ4n) is 1.73. The van der Waals surface area contributed by atoms with Crippen LogP contribution < -0.4 is 4.72 Å². The van der Waals surface area contributed by atoms with Gasteiger partial charge in [0, 0.05) is 17.8 Å². The van der Waals surface area contributed by atoms with E-state index >= 15 is 0 Å². The molecular weight excluding hydrogens is 346 g/mol. The SMILES string of the molecule is CS(=O)(=O)c1ccc(S(=O)(=O)NCc2ccc(Cl)cc2)cc1. The summed E-state index contributed by atoms with van der Waals surface area (Å²) in [6.45, 7) is 0.118. The third-order valence-corrected chi connectivity index (χ3v) is 5.74. The number of nitrogens with one attached hydrogen (secondary N) is 1. The van der Waals surface area contributed by atoms with E-state index in [4.69, 9.17) is 11.6 Å². The zero-order valence-electron chi connectivity index (χ0n) is 11.7. The predicted molar refractivity (Wildman–Crippen MR) is 85.0 cm³/mol. The second-order valence-electron chi connectivity index (χ2n) is 4.69. The summed E-state index contributed by atoms with van der Waals surface area (Å²) in [6, 6.07) is 11.9. The van der Waals surface area contributed by atoms with Crippen molar-refractivity contribution >= 4 is 31.5 Å². The molecule has 0 spiro atoms. The molecule has 22 heavy (non-hydrogen) atoms. The molecule has 0 amide bonds. The van der Waals surface area contributed by atoms with E-state index in [-0.39, 0.29) is 16.3 Å². The van der Waals surface area contributed by atoms with Gasteiger partial charge in [-0.05, 0) is 42.0 Å². The molecule has 0 unspecified atom stereocenters. The van der Waals surface area contributed by atoms with E-state index in [1.807, 2.05) is 0 Å². The minimum absolute atomic E-state index is 0.00821. The summed E-state index contributed by atoms with van der Waals surface area (Å²) >= 11 is 5.76. The summed E-state index contributed by atoms with van der Waals surface area (Å²) in [7, 11) is -7.06. The van der Waals surface area contributed by atoms with E-state index in [0.29, 0.717) is 5.02 Å². The summed E-state index contributed by atoms with van der Waals surface area (Å²) in [4.78, 5) is 0.0815. The van der Waals surface area contributed by atoms with Crippen LogP contribution in [0.2, 0.25) is 5.02 Å². The highest BCUT2D eigenvalue weighted by Crippen LogP contribution is 2.15. The van der Waals surface area contributed by atoms with Crippen molar-refractivity contribution in [2.75, 3.05) is 6.26 Å². The van der Waals surface area contributed by atoms with Crippen LogP contribution in [0.1, 0.15) is 5.56 Å². The first-order valence-electron chi connectivity index (χ1n) is 6.23. The van der Waals surface area contributed by atoms with Gasteiger partial charge in [0.25, 0.3) is 0 Å². The molecule has 0 saturated carbocycles. The Morgan fingerprint density at radius 3 is 1.86 bits per heavy atom. The molecule has 0 bridgehead atoms. The van der Waals surface area contributed by atoms with Gasteiger partial charge < -0.3 is 0 Å². The largest absolute Gasteiger partial charge is 0.240 e. The molecular formula is C14H14ClNO4S2. The molecule has 0 aliphatic heterocycles. The van der Waals surface area contributed by atoms with Crippen LogP contribution >= 0.6 is 11.6 Å². The number of benzene rings is 2. The molecule has 1 N–H and O–H groups in total. The second-order valence-corrected chi connectivity index (χ2v) is 8.91. The predicted octanol–water partition coefficient (Wildman–Crippen LogP) is 2.22. The molecule has 0 fully saturated rings. The summed E-state index contributed by atoms with van der Waals surface area (Å²) < 4.78 is 49.5. The highest BCUT2D eigenvalue weighted by atomic mass is 35.5. The second kappa shape index (κ2) is 6.37. The highest BCUT2D eigenvalue weighted by molar-refractivity contribution is 7.90. The molecule has 5 nitrogen and oxygen atoms in total. The van der Waals surface area contributed by atoms with Crippen LogP contribution in [0.3, 0.4) is 0 Å². The molecule has 0 radical (unpaired) electrons. The fraction of sp³-hybridized carbons (Fsp3) is 0.143. The molecule has 2 aromatic rings. The maximum atomic E-state index is 12.1. The third-order valence-electron chi connectivity index (χ3n) is 2.94. The molecule has 118 valence electrons. The van der Waals surface area contributed by atoms with E-state index in [1.54, 1.807) is 24.3 Å². The molecule has 8 heteroatoms. The number of sulfone groups is 1. The van der Waals surface area contributed by atoms with E-state index < -0.39 is 19.9 Å². The molecule has 0 atom stereocenters. The van der Waals surface area contributed by atoms with E-state index in [2.05, 4.69) is 4.72 Å². The van der Waals surface area contributed by atoms with Gasteiger partial charge in [0.05, 0.1) is 9.79 Å². The molecule has 2 rings (SSSR count). The van der Waals surface area contributed by atoms with E-state index in [0.717, 1.165) is 11.8 Å². The summed E-state index contributed by atoms with van der Waals surface area (Å²) in [6.07, 6.45) is 1.06. The van der Waals surface area contributed by atoms with Crippen molar-refractivity contribution in [1.29, 1.82) is 0 Å². The Bertz CT molecular complexity index is 858. The van der Waals surface area contributed by atoms with Gasteiger partial charge in [0.2, 0.25) is 10.0 Å². The first kappa shape index (κ1) is 17.0. The van der Waals surface area contributed by atoms with E-state index in [9.17, 15) is 16.8 Å². The number of hydrogen-bond donors (Lipinski definition) is 1. The topological polar surface area (TPSA) is 80.3 Å². The maximum absolute atomic E-state index is 12.1. The average molecular weight is 360 g/mol. The van der Waals surface area contributed by atoms with Gasteiger partial charge in [-0.1, -0.05) is 23.7 Å². The fourth-order valence-corrected chi connectivity index (χ4v) is 3.50. The number of sulfonamides is 1. The van der Waals surface area contributed by atoms with Crippen LogP contribution in [0, 0.1) is 0 Å². The molecule has 2 aromatic carbocycles. The van der Waals surface area contributed by atoms with Gasteiger partial charge in [-0.25, -0.2) is 21.6 Å². The Labute approximate surface area is 134 Å². The average Bonchev–Trinajstić information content (AvgIpc) is 2.46. The van der Waals surface area contributed by atoms with Crippen LogP contribution in [-0.2, 0) is 26.4 Å². The van der Waals surface area contributed by atoms with Gasteiger partial charge >= 0.3 is 0 Å². The minimum Gasteiger partial charge on any atom is -0.224 e. The van der Waals surface area contributed by atoms with Gasteiger partial charge in [-0.2, -0.15) is 0 Å². The Hall–Kier alpha value is -1.41.